The molecule has 0 aliphatic carbocycles. The molecule has 3 rings (SSSR count). The van der Waals surface area contributed by atoms with E-state index in [0.29, 0.717) is 23.7 Å². The Kier molecular flexibility index (Phi) is 4.37. The lowest BCUT2D eigenvalue weighted by atomic mass is 10.2. The molecule has 1 aliphatic rings. The van der Waals surface area contributed by atoms with Crippen LogP contribution in [-0.2, 0) is 0 Å². The summed E-state index contributed by atoms with van der Waals surface area (Å²) < 4.78 is 3.83. The Morgan fingerprint density at radius 3 is 2.39 bits per heavy atom. The number of hydrogen-bond acceptors (Lipinski definition) is 8. The first kappa shape index (κ1) is 15.6. The van der Waals surface area contributed by atoms with Gasteiger partial charge in [-0.2, -0.15) is 0 Å². The van der Waals surface area contributed by atoms with E-state index in [0.717, 1.165) is 36.3 Å². The van der Waals surface area contributed by atoms with Crippen LogP contribution in [-0.4, -0.2) is 70.9 Å². The van der Waals surface area contributed by atoms with Crippen LogP contribution in [0, 0.1) is 6.92 Å². The van der Waals surface area contributed by atoms with Crippen molar-refractivity contribution in [3.63, 3.8) is 0 Å². The summed E-state index contributed by atoms with van der Waals surface area (Å²) in [5.74, 6) is 1.69. The molecule has 2 aromatic heterocycles. The zero-order chi connectivity index (χ0) is 16.4. The largest absolute Gasteiger partial charge is 0.361 e. The van der Waals surface area contributed by atoms with E-state index >= 15 is 0 Å². The average Bonchev–Trinajstić information content (AvgIpc) is 3.00. The summed E-state index contributed by atoms with van der Waals surface area (Å²) in [4.78, 5) is 19.0. The van der Waals surface area contributed by atoms with Gasteiger partial charge in [0.25, 0.3) is 5.91 Å². The lowest BCUT2D eigenvalue weighted by molar-refractivity contribution is 0.0750. The molecule has 1 fully saturated rings. The van der Waals surface area contributed by atoms with Crippen molar-refractivity contribution in [3.8, 4) is 0 Å². The average molecular weight is 333 g/mol. The summed E-state index contributed by atoms with van der Waals surface area (Å²) >= 11 is 1.16. The summed E-state index contributed by atoms with van der Waals surface area (Å²) in [6, 6.07) is 3.92. The fraction of sp³-hybridized carbons (Fsp3) is 0.500. The van der Waals surface area contributed by atoms with Crippen LogP contribution >= 0.6 is 11.5 Å². The van der Waals surface area contributed by atoms with E-state index in [2.05, 4.69) is 24.7 Å². The van der Waals surface area contributed by atoms with Gasteiger partial charge in [-0.25, -0.2) is 0 Å². The molecule has 0 N–H and O–H groups in total. The van der Waals surface area contributed by atoms with E-state index in [9.17, 15) is 4.79 Å². The van der Waals surface area contributed by atoms with Crippen LogP contribution in [0.4, 0.5) is 11.6 Å². The van der Waals surface area contributed by atoms with E-state index in [4.69, 9.17) is 0 Å². The van der Waals surface area contributed by atoms with Crippen LogP contribution in [0.2, 0.25) is 0 Å². The van der Waals surface area contributed by atoms with E-state index in [-0.39, 0.29) is 5.91 Å². The first-order valence-electron chi connectivity index (χ1n) is 7.40. The van der Waals surface area contributed by atoms with Crippen LogP contribution < -0.4 is 9.80 Å². The number of anilines is 2. The van der Waals surface area contributed by atoms with Gasteiger partial charge in [0.1, 0.15) is 4.88 Å². The quantitative estimate of drug-likeness (QED) is 0.816. The van der Waals surface area contributed by atoms with Gasteiger partial charge in [-0.3, -0.25) is 4.79 Å². The molecule has 0 radical (unpaired) electrons. The van der Waals surface area contributed by atoms with E-state index in [1.54, 1.807) is 0 Å². The molecule has 0 atom stereocenters. The zero-order valence-corrected chi connectivity index (χ0v) is 14.2. The second-order valence-corrected chi connectivity index (χ2v) is 6.37. The molecular weight excluding hydrogens is 314 g/mol. The minimum absolute atomic E-state index is 0.0196. The normalized spacial score (nSPS) is 14.9. The number of rotatable bonds is 3. The highest BCUT2D eigenvalue weighted by atomic mass is 32.1. The molecule has 3 heterocycles. The lowest BCUT2D eigenvalue weighted by Gasteiger charge is -2.35. The molecule has 0 saturated carbocycles. The summed E-state index contributed by atoms with van der Waals surface area (Å²) in [6.07, 6.45) is 0. The van der Waals surface area contributed by atoms with Gasteiger partial charge in [0.05, 0.1) is 5.69 Å². The van der Waals surface area contributed by atoms with Crippen molar-refractivity contribution in [1.82, 2.24) is 24.7 Å². The SMILES string of the molecule is Cc1nnsc1C(=O)N1CCN(c2ccc(N(C)C)nn2)CC1. The minimum Gasteiger partial charge on any atom is -0.361 e. The second-order valence-electron chi connectivity index (χ2n) is 5.61. The van der Waals surface area contributed by atoms with Crippen molar-refractivity contribution >= 4 is 29.1 Å². The van der Waals surface area contributed by atoms with Crippen LogP contribution in [0.5, 0.6) is 0 Å². The summed E-state index contributed by atoms with van der Waals surface area (Å²) in [7, 11) is 3.87. The molecule has 0 aromatic carbocycles. The maximum absolute atomic E-state index is 12.4. The van der Waals surface area contributed by atoms with Gasteiger partial charge in [0.2, 0.25) is 0 Å². The van der Waals surface area contributed by atoms with Gasteiger partial charge in [-0.1, -0.05) is 4.49 Å². The molecule has 0 bridgehead atoms. The van der Waals surface area contributed by atoms with Gasteiger partial charge < -0.3 is 14.7 Å². The van der Waals surface area contributed by atoms with Crippen LogP contribution in [0.3, 0.4) is 0 Å². The summed E-state index contributed by atoms with van der Waals surface area (Å²) in [5, 5.41) is 12.4. The first-order chi connectivity index (χ1) is 11.1. The van der Waals surface area contributed by atoms with Gasteiger partial charge in [0.15, 0.2) is 11.6 Å². The molecule has 2 aromatic rings. The van der Waals surface area contributed by atoms with Crippen LogP contribution in [0.15, 0.2) is 12.1 Å². The maximum atomic E-state index is 12.4. The standard InChI is InChI=1S/C14H19N7OS/c1-10-13(23-18-15-10)14(22)21-8-6-20(7-9-21)12-5-4-11(16-17-12)19(2)3/h4-5H,6-9H2,1-3H3. The number of carbonyl (C=O) groups is 1. The molecule has 1 amide bonds. The Labute approximate surface area is 138 Å². The summed E-state index contributed by atoms with van der Waals surface area (Å²) in [5.41, 5.74) is 0.701. The van der Waals surface area contributed by atoms with E-state index in [1.807, 2.05) is 43.0 Å². The highest BCUT2D eigenvalue weighted by Gasteiger charge is 2.25. The zero-order valence-electron chi connectivity index (χ0n) is 13.4. The van der Waals surface area contributed by atoms with Gasteiger partial charge >= 0.3 is 0 Å². The van der Waals surface area contributed by atoms with Gasteiger partial charge in [0, 0.05) is 40.3 Å². The number of aromatic nitrogens is 4. The second kappa shape index (κ2) is 6.45. The number of carbonyl (C=O) groups excluding carboxylic acids is 1. The van der Waals surface area contributed by atoms with Crippen molar-refractivity contribution in [2.45, 2.75) is 6.92 Å². The molecule has 1 saturated heterocycles. The van der Waals surface area contributed by atoms with Crippen molar-refractivity contribution in [2.75, 3.05) is 50.1 Å². The van der Waals surface area contributed by atoms with Crippen molar-refractivity contribution in [3.05, 3.63) is 22.7 Å². The third-order valence-corrected chi connectivity index (χ3v) is 4.65. The molecule has 0 unspecified atom stereocenters. The first-order valence-corrected chi connectivity index (χ1v) is 8.18. The Bertz CT molecular complexity index is 677. The van der Waals surface area contributed by atoms with E-state index in [1.165, 1.54) is 0 Å². The molecular formula is C14H19N7OS. The highest BCUT2D eigenvalue weighted by Crippen LogP contribution is 2.18. The van der Waals surface area contributed by atoms with Crippen molar-refractivity contribution < 1.29 is 4.79 Å². The molecule has 0 spiro atoms. The fourth-order valence-electron chi connectivity index (χ4n) is 2.44. The fourth-order valence-corrected chi connectivity index (χ4v) is 3.06. The Morgan fingerprint density at radius 2 is 1.87 bits per heavy atom. The molecule has 1 aliphatic heterocycles. The molecule has 23 heavy (non-hydrogen) atoms. The van der Waals surface area contributed by atoms with Gasteiger partial charge in [-0.05, 0) is 30.6 Å². The molecule has 8 nitrogen and oxygen atoms in total. The molecule has 9 heteroatoms. The Morgan fingerprint density at radius 1 is 1.13 bits per heavy atom. The van der Waals surface area contributed by atoms with Crippen molar-refractivity contribution in [1.29, 1.82) is 0 Å². The van der Waals surface area contributed by atoms with Crippen LogP contribution in [0.1, 0.15) is 15.4 Å². The number of hydrogen-bond donors (Lipinski definition) is 0. The number of aryl methyl sites for hydroxylation is 1. The Hall–Kier alpha value is -2.29. The number of piperazine rings is 1. The number of amides is 1. The highest BCUT2D eigenvalue weighted by molar-refractivity contribution is 7.07. The predicted molar refractivity (Wildman–Crippen MR) is 89.1 cm³/mol. The monoisotopic (exact) mass is 333 g/mol. The Balaban J connectivity index is 1.62. The van der Waals surface area contributed by atoms with Crippen LogP contribution in [0.25, 0.3) is 0 Å². The van der Waals surface area contributed by atoms with Gasteiger partial charge in [-0.15, -0.1) is 15.3 Å². The maximum Gasteiger partial charge on any atom is 0.267 e. The van der Waals surface area contributed by atoms with Crippen molar-refractivity contribution in [2.24, 2.45) is 0 Å². The topological polar surface area (TPSA) is 78.4 Å². The van der Waals surface area contributed by atoms with E-state index < -0.39 is 0 Å². The third-order valence-electron chi connectivity index (χ3n) is 3.83. The lowest BCUT2D eigenvalue weighted by Crippen LogP contribution is -2.49. The smallest absolute Gasteiger partial charge is 0.267 e. The summed E-state index contributed by atoms with van der Waals surface area (Å²) in [6.45, 7) is 4.62. The molecule has 122 valence electrons. The predicted octanol–water partition coefficient (Wildman–Crippen LogP) is 0.665. The third kappa shape index (κ3) is 3.24. The number of nitrogens with zero attached hydrogens (tertiary/aromatic N) is 7. The minimum atomic E-state index is 0.0196.